The molecular weight excluding hydrogens is 382 g/mol. The molecule has 2 N–H and O–H groups in total. The molecule has 0 bridgehead atoms. The van der Waals surface area contributed by atoms with Crippen LogP contribution in [0.25, 0.3) is 10.8 Å². The van der Waals surface area contributed by atoms with Gasteiger partial charge < -0.3 is 4.74 Å². The molecule has 0 radical (unpaired) electrons. The standard InChI is InChI=1S/C18H15N5O6/c24-16(10-22-18(26)13-6-2-1-5-12(13)9-19-22)20-21-17(25)11-29-15-8-4-3-7-14(15)23(27)28/h1-9H,10-11H2,(H,20,24)(H,21,25). The number of nitro groups is 1. The van der Waals surface area contributed by atoms with Crippen LogP contribution >= 0.6 is 0 Å². The van der Waals surface area contributed by atoms with E-state index >= 15 is 0 Å². The Morgan fingerprint density at radius 3 is 2.55 bits per heavy atom. The molecule has 1 aromatic heterocycles. The molecule has 0 saturated carbocycles. The van der Waals surface area contributed by atoms with Crippen LogP contribution in [0.4, 0.5) is 5.69 Å². The Bertz CT molecular complexity index is 1140. The van der Waals surface area contributed by atoms with Crippen LogP contribution in [0.2, 0.25) is 0 Å². The second-order valence-electron chi connectivity index (χ2n) is 5.80. The molecule has 0 fully saturated rings. The van der Waals surface area contributed by atoms with Gasteiger partial charge in [-0.15, -0.1) is 0 Å². The number of aromatic nitrogens is 2. The predicted octanol–water partition coefficient (Wildman–Crippen LogP) is 0.531. The molecule has 0 unspecified atom stereocenters. The Morgan fingerprint density at radius 1 is 1.07 bits per heavy atom. The van der Waals surface area contributed by atoms with Gasteiger partial charge >= 0.3 is 5.69 Å². The minimum Gasteiger partial charge on any atom is -0.477 e. The van der Waals surface area contributed by atoms with Crippen molar-refractivity contribution in [2.75, 3.05) is 6.61 Å². The highest BCUT2D eigenvalue weighted by atomic mass is 16.6. The van der Waals surface area contributed by atoms with Crippen LogP contribution in [0.15, 0.2) is 59.5 Å². The number of hydrogen-bond acceptors (Lipinski definition) is 7. The quantitative estimate of drug-likeness (QED) is 0.456. The topological polar surface area (TPSA) is 145 Å². The van der Waals surface area contributed by atoms with Gasteiger partial charge in [-0.2, -0.15) is 5.10 Å². The first-order valence-corrected chi connectivity index (χ1v) is 8.34. The van der Waals surface area contributed by atoms with E-state index in [1.165, 1.54) is 30.5 Å². The van der Waals surface area contributed by atoms with Crippen LogP contribution in [0.5, 0.6) is 5.75 Å². The van der Waals surface area contributed by atoms with E-state index in [4.69, 9.17) is 4.74 Å². The van der Waals surface area contributed by atoms with E-state index in [0.29, 0.717) is 10.8 Å². The summed E-state index contributed by atoms with van der Waals surface area (Å²) < 4.78 is 6.07. The zero-order valence-corrected chi connectivity index (χ0v) is 14.9. The number of nitro benzene ring substituents is 1. The van der Waals surface area contributed by atoms with Crippen molar-refractivity contribution in [3.63, 3.8) is 0 Å². The average molecular weight is 397 g/mol. The Hall–Kier alpha value is -4.28. The molecule has 3 rings (SSSR count). The maximum absolute atomic E-state index is 12.3. The van der Waals surface area contributed by atoms with Crippen LogP contribution < -0.4 is 21.1 Å². The van der Waals surface area contributed by atoms with E-state index in [1.54, 1.807) is 24.3 Å². The largest absolute Gasteiger partial charge is 0.477 e. The summed E-state index contributed by atoms with van der Waals surface area (Å²) in [5.41, 5.74) is 3.50. The van der Waals surface area contributed by atoms with E-state index in [2.05, 4.69) is 16.0 Å². The minimum atomic E-state index is -0.740. The van der Waals surface area contributed by atoms with E-state index < -0.39 is 35.4 Å². The second kappa shape index (κ2) is 8.61. The molecular formula is C18H15N5O6. The predicted molar refractivity (Wildman–Crippen MR) is 101 cm³/mol. The number of nitrogens with one attached hydrogen (secondary N) is 2. The first-order chi connectivity index (χ1) is 14.0. The molecule has 148 valence electrons. The molecule has 0 atom stereocenters. The van der Waals surface area contributed by atoms with Gasteiger partial charge in [-0.3, -0.25) is 35.3 Å². The summed E-state index contributed by atoms with van der Waals surface area (Å²) in [6.45, 7) is -0.964. The number of carbonyl (C=O) groups excluding carboxylic acids is 2. The third-order valence-electron chi connectivity index (χ3n) is 3.82. The number of amides is 2. The summed E-state index contributed by atoms with van der Waals surface area (Å²) in [5.74, 6) is -1.50. The van der Waals surface area contributed by atoms with Crippen molar-refractivity contribution >= 4 is 28.3 Å². The Morgan fingerprint density at radius 2 is 1.76 bits per heavy atom. The van der Waals surface area contributed by atoms with Gasteiger partial charge in [0.2, 0.25) is 0 Å². The lowest BCUT2D eigenvalue weighted by Crippen LogP contribution is -2.46. The summed E-state index contributed by atoms with van der Waals surface area (Å²) in [5, 5.41) is 15.9. The second-order valence-corrected chi connectivity index (χ2v) is 5.80. The van der Waals surface area contributed by atoms with E-state index in [9.17, 15) is 24.5 Å². The molecule has 29 heavy (non-hydrogen) atoms. The van der Waals surface area contributed by atoms with Crippen molar-refractivity contribution in [1.29, 1.82) is 0 Å². The van der Waals surface area contributed by atoms with Crippen LogP contribution in [0.1, 0.15) is 0 Å². The highest BCUT2D eigenvalue weighted by molar-refractivity contribution is 5.83. The van der Waals surface area contributed by atoms with Gasteiger partial charge in [-0.25, -0.2) is 4.68 Å². The summed E-state index contributed by atoms with van der Waals surface area (Å²) in [6.07, 6.45) is 1.46. The molecule has 11 nitrogen and oxygen atoms in total. The lowest BCUT2D eigenvalue weighted by Gasteiger charge is -2.10. The zero-order valence-electron chi connectivity index (χ0n) is 14.9. The molecule has 0 aliphatic carbocycles. The normalized spacial score (nSPS) is 10.3. The van der Waals surface area contributed by atoms with Crippen LogP contribution in [0, 0.1) is 10.1 Å². The number of ether oxygens (including phenoxy) is 1. The third-order valence-corrected chi connectivity index (χ3v) is 3.82. The molecule has 11 heteroatoms. The Kier molecular flexibility index (Phi) is 5.78. The van der Waals surface area contributed by atoms with E-state index in [-0.39, 0.29) is 11.4 Å². The summed E-state index contributed by atoms with van der Waals surface area (Å²) in [6, 6.07) is 12.4. The molecule has 2 aromatic carbocycles. The average Bonchev–Trinajstić information content (AvgIpc) is 2.73. The molecule has 0 saturated heterocycles. The summed E-state index contributed by atoms with van der Waals surface area (Å²) in [4.78, 5) is 46.3. The van der Waals surface area contributed by atoms with Crippen LogP contribution in [0.3, 0.4) is 0 Å². The number of fused-ring (bicyclic) bond motifs is 1. The monoisotopic (exact) mass is 397 g/mol. The van der Waals surface area contributed by atoms with Gasteiger partial charge in [0.05, 0.1) is 16.5 Å². The SMILES string of the molecule is O=C(COc1ccccc1[N+](=O)[O-])NNC(=O)Cn1ncc2ccccc2c1=O. The fourth-order valence-electron chi connectivity index (χ4n) is 2.46. The lowest BCUT2D eigenvalue weighted by molar-refractivity contribution is -0.385. The first-order valence-electron chi connectivity index (χ1n) is 8.34. The fourth-order valence-corrected chi connectivity index (χ4v) is 2.46. The maximum atomic E-state index is 12.3. The molecule has 2 amide bonds. The number of rotatable bonds is 6. The smallest absolute Gasteiger partial charge is 0.310 e. The van der Waals surface area contributed by atoms with Crippen molar-refractivity contribution < 1.29 is 19.2 Å². The number of nitrogens with zero attached hydrogens (tertiary/aromatic N) is 3. The summed E-state index contributed by atoms with van der Waals surface area (Å²) in [7, 11) is 0. The number of benzene rings is 2. The minimum absolute atomic E-state index is 0.0779. The van der Waals surface area contributed by atoms with Crippen LogP contribution in [-0.2, 0) is 16.1 Å². The van der Waals surface area contributed by atoms with Gasteiger partial charge in [0, 0.05) is 11.5 Å². The molecule has 1 heterocycles. The van der Waals surface area contributed by atoms with E-state index in [1.807, 2.05) is 0 Å². The van der Waals surface area contributed by atoms with Crippen molar-refractivity contribution in [2.45, 2.75) is 6.54 Å². The highest BCUT2D eigenvalue weighted by Gasteiger charge is 2.15. The third kappa shape index (κ3) is 4.71. The van der Waals surface area contributed by atoms with Gasteiger partial charge in [0.25, 0.3) is 17.4 Å². The van der Waals surface area contributed by atoms with Gasteiger partial charge in [-0.1, -0.05) is 30.3 Å². The maximum Gasteiger partial charge on any atom is 0.310 e. The Balaban J connectivity index is 1.53. The van der Waals surface area contributed by atoms with E-state index in [0.717, 1.165) is 4.68 Å². The van der Waals surface area contributed by atoms with Crippen molar-refractivity contribution in [1.82, 2.24) is 20.6 Å². The number of hydrazine groups is 1. The van der Waals surface area contributed by atoms with Crippen molar-refractivity contribution in [3.05, 3.63) is 75.2 Å². The first kappa shape index (κ1) is 19.5. The molecule has 0 spiro atoms. The Labute approximate surface area is 163 Å². The summed E-state index contributed by atoms with van der Waals surface area (Å²) >= 11 is 0. The fraction of sp³-hybridized carbons (Fsp3) is 0.111. The van der Waals surface area contributed by atoms with Gasteiger partial charge in [-0.05, 0) is 12.1 Å². The van der Waals surface area contributed by atoms with Crippen molar-refractivity contribution in [3.8, 4) is 5.75 Å². The number of para-hydroxylation sites is 2. The van der Waals surface area contributed by atoms with Crippen molar-refractivity contribution in [2.24, 2.45) is 0 Å². The van der Waals surface area contributed by atoms with Gasteiger partial charge in [0.15, 0.2) is 12.4 Å². The molecule has 3 aromatic rings. The number of carbonyl (C=O) groups is 2. The lowest BCUT2D eigenvalue weighted by atomic mass is 10.2. The van der Waals surface area contributed by atoms with Crippen LogP contribution in [-0.4, -0.2) is 33.1 Å². The highest BCUT2D eigenvalue weighted by Crippen LogP contribution is 2.25. The molecule has 0 aliphatic rings. The van der Waals surface area contributed by atoms with Gasteiger partial charge in [0.1, 0.15) is 6.54 Å². The zero-order chi connectivity index (χ0) is 20.8. The number of hydrogen-bond donors (Lipinski definition) is 2. The molecule has 0 aliphatic heterocycles.